The molecule has 2 aromatic heterocycles. The maximum absolute atomic E-state index is 6.58. The van der Waals surface area contributed by atoms with Crippen LogP contribution in [0.15, 0.2) is 36.8 Å². The van der Waals surface area contributed by atoms with Gasteiger partial charge in [-0.1, -0.05) is 6.07 Å². The number of nitrogens with two attached hydrogens (primary N) is 1. The lowest BCUT2D eigenvalue weighted by atomic mass is 9.90. The predicted octanol–water partition coefficient (Wildman–Crippen LogP) is 2.79. The Morgan fingerprint density at radius 3 is 2.84 bits per heavy atom. The normalized spacial score (nSPS) is 30.7. The summed E-state index contributed by atoms with van der Waals surface area (Å²) in [6, 6.07) is 7.86. The SMILES string of the molecule is CC1(C)O[C@H]2[C@H](n3ccc4c(N)ncnc43)O[C@H](Cc3ccc4c(c3)OCO4)[C@@]2(C)O1. The summed E-state index contributed by atoms with van der Waals surface area (Å²) in [6.45, 7) is 6.16. The number of ether oxygens (including phenoxy) is 5. The van der Waals surface area contributed by atoms with Gasteiger partial charge in [0.15, 0.2) is 23.5 Å². The van der Waals surface area contributed by atoms with E-state index in [1.807, 2.05) is 48.9 Å². The third-order valence-electron chi connectivity index (χ3n) is 6.32. The third kappa shape index (κ3) is 2.80. The molecule has 0 unspecified atom stereocenters. The molecule has 0 bridgehead atoms. The molecule has 2 saturated heterocycles. The van der Waals surface area contributed by atoms with Crippen molar-refractivity contribution >= 4 is 16.9 Å². The van der Waals surface area contributed by atoms with Crippen LogP contribution < -0.4 is 15.2 Å². The average Bonchev–Trinajstić information content (AvgIpc) is 3.45. The van der Waals surface area contributed by atoms with E-state index in [1.165, 1.54) is 6.33 Å². The number of hydrogen-bond donors (Lipinski definition) is 1. The molecule has 4 atom stereocenters. The molecule has 1 aromatic carbocycles. The largest absolute Gasteiger partial charge is 0.454 e. The first-order valence-corrected chi connectivity index (χ1v) is 10.3. The highest BCUT2D eigenvalue weighted by atomic mass is 16.8. The molecule has 3 aromatic rings. The Labute approximate surface area is 179 Å². The molecule has 9 nitrogen and oxygen atoms in total. The van der Waals surface area contributed by atoms with Crippen LogP contribution in [0.5, 0.6) is 11.5 Å². The Balaban J connectivity index is 1.38. The number of nitrogen functional groups attached to an aromatic ring is 1. The van der Waals surface area contributed by atoms with Gasteiger partial charge in [0.2, 0.25) is 6.79 Å². The molecule has 0 aliphatic carbocycles. The summed E-state index contributed by atoms with van der Waals surface area (Å²) in [6.07, 6.45) is 3.02. The second-order valence-electron chi connectivity index (χ2n) is 8.85. The molecule has 3 aliphatic heterocycles. The first kappa shape index (κ1) is 18.9. The van der Waals surface area contributed by atoms with E-state index in [-0.39, 0.29) is 19.0 Å². The Morgan fingerprint density at radius 2 is 1.97 bits per heavy atom. The van der Waals surface area contributed by atoms with Crippen molar-refractivity contribution in [1.29, 1.82) is 0 Å². The summed E-state index contributed by atoms with van der Waals surface area (Å²) < 4.78 is 32.3. The number of rotatable bonds is 3. The van der Waals surface area contributed by atoms with E-state index in [4.69, 9.17) is 29.4 Å². The lowest BCUT2D eigenvalue weighted by Crippen LogP contribution is -2.44. The second-order valence-corrected chi connectivity index (χ2v) is 8.85. The van der Waals surface area contributed by atoms with Gasteiger partial charge in [-0.05, 0) is 44.5 Å². The second kappa shape index (κ2) is 6.32. The topological polar surface area (TPSA) is 103 Å². The van der Waals surface area contributed by atoms with Crippen LogP contribution >= 0.6 is 0 Å². The summed E-state index contributed by atoms with van der Waals surface area (Å²) in [7, 11) is 0. The fourth-order valence-corrected chi connectivity index (χ4v) is 4.94. The van der Waals surface area contributed by atoms with Crippen molar-refractivity contribution in [3.63, 3.8) is 0 Å². The molecular formula is C22H24N4O5. The summed E-state index contributed by atoms with van der Waals surface area (Å²) in [5.74, 6) is 1.22. The van der Waals surface area contributed by atoms with Crippen LogP contribution in [0.1, 0.15) is 32.6 Å². The van der Waals surface area contributed by atoms with E-state index in [1.54, 1.807) is 0 Å². The van der Waals surface area contributed by atoms with E-state index in [0.29, 0.717) is 17.9 Å². The molecule has 0 saturated carbocycles. The summed E-state index contributed by atoms with van der Waals surface area (Å²) in [5.41, 5.74) is 7.16. The van der Waals surface area contributed by atoms with E-state index in [0.717, 1.165) is 22.4 Å². The Morgan fingerprint density at radius 1 is 1.13 bits per heavy atom. The molecule has 0 spiro atoms. The van der Waals surface area contributed by atoms with Gasteiger partial charge in [-0.3, -0.25) is 0 Å². The molecule has 2 fully saturated rings. The number of benzene rings is 1. The quantitative estimate of drug-likeness (QED) is 0.685. The van der Waals surface area contributed by atoms with Crippen LogP contribution in [-0.2, 0) is 20.6 Å². The van der Waals surface area contributed by atoms with Gasteiger partial charge in [0.25, 0.3) is 0 Å². The minimum Gasteiger partial charge on any atom is -0.454 e. The summed E-state index contributed by atoms with van der Waals surface area (Å²) in [5, 5.41) is 0.783. The van der Waals surface area contributed by atoms with Gasteiger partial charge < -0.3 is 34.0 Å². The summed E-state index contributed by atoms with van der Waals surface area (Å²) in [4.78, 5) is 8.52. The molecule has 0 amide bonds. The molecular weight excluding hydrogens is 400 g/mol. The number of fused-ring (bicyclic) bond motifs is 3. The maximum Gasteiger partial charge on any atom is 0.231 e. The first-order chi connectivity index (χ1) is 14.8. The van der Waals surface area contributed by atoms with E-state index < -0.39 is 17.6 Å². The average molecular weight is 424 g/mol. The molecule has 9 heteroatoms. The highest BCUT2D eigenvalue weighted by Gasteiger charge is 2.63. The Kier molecular flexibility index (Phi) is 3.84. The maximum atomic E-state index is 6.58. The van der Waals surface area contributed by atoms with Gasteiger partial charge in [-0.15, -0.1) is 0 Å². The van der Waals surface area contributed by atoms with Crippen molar-refractivity contribution in [2.75, 3.05) is 12.5 Å². The first-order valence-electron chi connectivity index (χ1n) is 10.3. The van der Waals surface area contributed by atoms with E-state index in [2.05, 4.69) is 16.9 Å². The van der Waals surface area contributed by atoms with Crippen molar-refractivity contribution in [2.24, 2.45) is 0 Å². The Bertz CT molecular complexity index is 1180. The van der Waals surface area contributed by atoms with Crippen LogP contribution in [0.2, 0.25) is 0 Å². The number of anilines is 1. The van der Waals surface area contributed by atoms with Gasteiger partial charge in [0.05, 0.1) is 11.5 Å². The highest BCUT2D eigenvalue weighted by molar-refractivity contribution is 5.86. The molecule has 0 radical (unpaired) electrons. The van der Waals surface area contributed by atoms with Crippen molar-refractivity contribution < 1.29 is 23.7 Å². The van der Waals surface area contributed by atoms with Crippen LogP contribution in [0.3, 0.4) is 0 Å². The van der Waals surface area contributed by atoms with Crippen molar-refractivity contribution in [1.82, 2.24) is 14.5 Å². The molecule has 6 rings (SSSR count). The van der Waals surface area contributed by atoms with Gasteiger partial charge >= 0.3 is 0 Å². The predicted molar refractivity (Wildman–Crippen MR) is 111 cm³/mol. The zero-order chi connectivity index (χ0) is 21.4. The monoisotopic (exact) mass is 424 g/mol. The molecule has 162 valence electrons. The molecule has 2 N–H and O–H groups in total. The van der Waals surface area contributed by atoms with Gasteiger partial charge in [-0.2, -0.15) is 0 Å². The fourth-order valence-electron chi connectivity index (χ4n) is 4.94. The molecule has 31 heavy (non-hydrogen) atoms. The number of aromatic nitrogens is 3. The molecule has 3 aliphatic rings. The van der Waals surface area contributed by atoms with Gasteiger partial charge in [0.1, 0.15) is 29.5 Å². The summed E-state index contributed by atoms with van der Waals surface area (Å²) >= 11 is 0. The lowest BCUT2D eigenvalue weighted by Gasteiger charge is -2.29. The number of hydrogen-bond acceptors (Lipinski definition) is 8. The highest BCUT2D eigenvalue weighted by Crippen LogP contribution is 2.51. The van der Waals surface area contributed by atoms with Crippen molar-refractivity contribution in [3.8, 4) is 11.5 Å². The smallest absolute Gasteiger partial charge is 0.231 e. The zero-order valence-corrected chi connectivity index (χ0v) is 17.6. The van der Waals surface area contributed by atoms with Crippen molar-refractivity contribution in [2.45, 2.75) is 57.0 Å². The fraction of sp³-hybridized carbons (Fsp3) is 0.455. The van der Waals surface area contributed by atoms with Gasteiger partial charge in [-0.25, -0.2) is 9.97 Å². The van der Waals surface area contributed by atoms with Crippen LogP contribution in [0, 0.1) is 0 Å². The van der Waals surface area contributed by atoms with Crippen LogP contribution in [-0.4, -0.2) is 44.9 Å². The third-order valence-corrected chi connectivity index (χ3v) is 6.32. The van der Waals surface area contributed by atoms with Gasteiger partial charge in [0, 0.05) is 12.6 Å². The minimum atomic E-state index is -0.731. The van der Waals surface area contributed by atoms with Crippen LogP contribution in [0.25, 0.3) is 11.0 Å². The van der Waals surface area contributed by atoms with Crippen molar-refractivity contribution in [3.05, 3.63) is 42.4 Å². The zero-order valence-electron chi connectivity index (χ0n) is 17.6. The molecule has 5 heterocycles. The van der Waals surface area contributed by atoms with E-state index in [9.17, 15) is 0 Å². The minimum absolute atomic E-state index is 0.247. The van der Waals surface area contributed by atoms with E-state index >= 15 is 0 Å². The lowest BCUT2D eigenvalue weighted by molar-refractivity contribution is -0.209. The van der Waals surface area contributed by atoms with Crippen LogP contribution in [0.4, 0.5) is 5.82 Å². The number of nitrogens with zero attached hydrogens (tertiary/aromatic N) is 3. The standard InChI is InChI=1S/C22H24N4O5/c1-21(2)30-17-20(26-7-6-13-18(23)24-10-25-19(13)26)29-16(22(17,3)31-21)9-12-4-5-14-15(8-12)28-11-27-14/h4-8,10,16-17,20H,9,11H2,1-3H3,(H2,23,24,25)/t16-,17+,20-,22-/m1/s1. The Hall–Kier alpha value is -2.88.